The van der Waals surface area contributed by atoms with E-state index in [1.807, 2.05) is 24.0 Å². The van der Waals surface area contributed by atoms with Gasteiger partial charge in [-0.15, -0.1) is 0 Å². The highest BCUT2D eigenvalue weighted by molar-refractivity contribution is 5.44. The highest BCUT2D eigenvalue weighted by atomic mass is 15.3. The number of aromatic nitrogens is 3. The van der Waals surface area contributed by atoms with Crippen LogP contribution in [0.3, 0.4) is 0 Å². The molecule has 2 heterocycles. The Bertz CT molecular complexity index is 502. The largest absolute Gasteiger partial charge is 0.398 e. The van der Waals surface area contributed by atoms with Crippen molar-refractivity contribution in [3.05, 3.63) is 41.5 Å². The van der Waals surface area contributed by atoms with Gasteiger partial charge in [-0.05, 0) is 37.0 Å². The molecule has 2 aromatic heterocycles. The molecule has 2 rings (SSSR count). The van der Waals surface area contributed by atoms with Gasteiger partial charge in [-0.3, -0.25) is 9.67 Å². The van der Waals surface area contributed by atoms with E-state index in [1.165, 1.54) is 5.69 Å². The SMILES string of the molecule is CCc1cc(CCc2cnccc2N)n(C)n1. The van der Waals surface area contributed by atoms with Crippen molar-refractivity contribution in [1.29, 1.82) is 0 Å². The summed E-state index contributed by atoms with van der Waals surface area (Å²) in [6.45, 7) is 2.12. The van der Waals surface area contributed by atoms with Gasteiger partial charge in [-0.2, -0.15) is 5.10 Å². The van der Waals surface area contributed by atoms with Crippen LogP contribution in [0.5, 0.6) is 0 Å². The number of anilines is 1. The van der Waals surface area contributed by atoms with Crippen molar-refractivity contribution in [3.63, 3.8) is 0 Å². The molecule has 4 nitrogen and oxygen atoms in total. The summed E-state index contributed by atoms with van der Waals surface area (Å²) in [5.41, 5.74) is 10.2. The number of rotatable bonds is 4. The first-order valence-electron chi connectivity index (χ1n) is 5.91. The normalized spacial score (nSPS) is 10.7. The van der Waals surface area contributed by atoms with Gasteiger partial charge in [0.25, 0.3) is 0 Å². The first kappa shape index (κ1) is 11.6. The Hall–Kier alpha value is -1.84. The third kappa shape index (κ3) is 2.64. The topological polar surface area (TPSA) is 56.7 Å². The number of hydrogen-bond donors (Lipinski definition) is 1. The van der Waals surface area contributed by atoms with Gasteiger partial charge in [-0.1, -0.05) is 6.92 Å². The molecule has 0 fully saturated rings. The maximum Gasteiger partial charge on any atom is 0.0624 e. The summed E-state index contributed by atoms with van der Waals surface area (Å²) in [5, 5.41) is 4.43. The molecular formula is C13H18N4. The van der Waals surface area contributed by atoms with Crippen LogP contribution in [0.1, 0.15) is 23.9 Å². The van der Waals surface area contributed by atoms with Gasteiger partial charge in [0.15, 0.2) is 0 Å². The number of nitrogen functional groups attached to an aromatic ring is 1. The molecule has 4 heteroatoms. The Kier molecular flexibility index (Phi) is 3.42. The minimum atomic E-state index is 0.817. The number of nitrogens with zero attached hydrogens (tertiary/aromatic N) is 3. The van der Waals surface area contributed by atoms with Gasteiger partial charge in [0.2, 0.25) is 0 Å². The standard InChI is InChI=1S/C13H18N4/c1-3-11-8-12(17(2)16-11)5-4-10-9-15-7-6-13(10)14/h6-9H,3-5H2,1-2H3,(H2,14,15). The van der Waals surface area contributed by atoms with E-state index in [0.717, 1.165) is 36.2 Å². The lowest BCUT2D eigenvalue weighted by atomic mass is 10.1. The molecule has 0 bridgehead atoms. The molecule has 0 aliphatic rings. The molecule has 0 atom stereocenters. The molecule has 0 spiro atoms. The Balaban J connectivity index is 2.07. The Labute approximate surface area is 101 Å². The summed E-state index contributed by atoms with van der Waals surface area (Å²) >= 11 is 0. The lowest BCUT2D eigenvalue weighted by Crippen LogP contribution is -2.02. The summed E-state index contributed by atoms with van der Waals surface area (Å²) in [6, 6.07) is 4.00. The molecule has 0 radical (unpaired) electrons. The van der Waals surface area contributed by atoms with E-state index in [-0.39, 0.29) is 0 Å². The molecule has 0 aliphatic heterocycles. The zero-order chi connectivity index (χ0) is 12.3. The van der Waals surface area contributed by atoms with Crippen molar-refractivity contribution in [2.45, 2.75) is 26.2 Å². The zero-order valence-corrected chi connectivity index (χ0v) is 10.3. The van der Waals surface area contributed by atoms with Crippen LogP contribution in [0.4, 0.5) is 5.69 Å². The minimum absolute atomic E-state index is 0.817. The molecule has 0 unspecified atom stereocenters. The van der Waals surface area contributed by atoms with Crippen LogP contribution in [0.2, 0.25) is 0 Å². The number of nitrogens with two attached hydrogens (primary N) is 1. The third-order valence-corrected chi connectivity index (χ3v) is 2.98. The van der Waals surface area contributed by atoms with E-state index in [4.69, 9.17) is 5.73 Å². The third-order valence-electron chi connectivity index (χ3n) is 2.98. The van der Waals surface area contributed by atoms with Crippen molar-refractivity contribution in [1.82, 2.24) is 14.8 Å². The maximum absolute atomic E-state index is 5.89. The fourth-order valence-electron chi connectivity index (χ4n) is 1.89. The van der Waals surface area contributed by atoms with E-state index in [2.05, 4.69) is 23.1 Å². The molecule has 2 aromatic rings. The van der Waals surface area contributed by atoms with Crippen molar-refractivity contribution < 1.29 is 0 Å². The highest BCUT2D eigenvalue weighted by Crippen LogP contribution is 2.13. The number of hydrogen-bond acceptors (Lipinski definition) is 3. The van der Waals surface area contributed by atoms with E-state index in [1.54, 1.807) is 6.20 Å². The van der Waals surface area contributed by atoms with Gasteiger partial charge in [0.1, 0.15) is 0 Å². The Morgan fingerprint density at radius 2 is 2.18 bits per heavy atom. The molecule has 0 aliphatic carbocycles. The molecule has 0 amide bonds. The molecule has 2 N–H and O–H groups in total. The number of aryl methyl sites for hydroxylation is 4. The smallest absolute Gasteiger partial charge is 0.0624 e. The molecule has 0 aromatic carbocycles. The second kappa shape index (κ2) is 4.99. The Morgan fingerprint density at radius 3 is 2.82 bits per heavy atom. The maximum atomic E-state index is 5.89. The second-order valence-electron chi connectivity index (χ2n) is 4.18. The Morgan fingerprint density at radius 1 is 1.35 bits per heavy atom. The first-order valence-corrected chi connectivity index (χ1v) is 5.91. The van der Waals surface area contributed by atoms with Gasteiger partial charge in [-0.25, -0.2) is 0 Å². The lowest BCUT2D eigenvalue weighted by molar-refractivity contribution is 0.692. The van der Waals surface area contributed by atoms with Crippen molar-refractivity contribution in [2.24, 2.45) is 7.05 Å². The van der Waals surface area contributed by atoms with E-state index >= 15 is 0 Å². The summed E-state index contributed by atoms with van der Waals surface area (Å²) in [6.07, 6.45) is 6.38. The van der Waals surface area contributed by atoms with Crippen LogP contribution in [0.15, 0.2) is 24.5 Å². The monoisotopic (exact) mass is 230 g/mol. The molecule has 0 saturated carbocycles. The van der Waals surface area contributed by atoms with Crippen LogP contribution in [-0.2, 0) is 26.3 Å². The van der Waals surface area contributed by atoms with E-state index in [9.17, 15) is 0 Å². The van der Waals surface area contributed by atoms with Crippen LogP contribution in [-0.4, -0.2) is 14.8 Å². The van der Waals surface area contributed by atoms with Crippen LogP contribution in [0.25, 0.3) is 0 Å². The van der Waals surface area contributed by atoms with Gasteiger partial charge in [0, 0.05) is 30.8 Å². The van der Waals surface area contributed by atoms with Gasteiger partial charge < -0.3 is 5.73 Å². The average molecular weight is 230 g/mol. The van der Waals surface area contributed by atoms with E-state index < -0.39 is 0 Å². The quantitative estimate of drug-likeness (QED) is 0.870. The fourth-order valence-corrected chi connectivity index (χ4v) is 1.89. The fraction of sp³-hybridized carbons (Fsp3) is 0.385. The predicted molar refractivity (Wildman–Crippen MR) is 68.6 cm³/mol. The average Bonchev–Trinajstić information content (AvgIpc) is 2.69. The minimum Gasteiger partial charge on any atom is -0.398 e. The number of pyridine rings is 1. The van der Waals surface area contributed by atoms with Crippen LogP contribution < -0.4 is 5.73 Å². The zero-order valence-electron chi connectivity index (χ0n) is 10.3. The molecule has 90 valence electrons. The van der Waals surface area contributed by atoms with E-state index in [0.29, 0.717) is 0 Å². The second-order valence-corrected chi connectivity index (χ2v) is 4.18. The summed E-state index contributed by atoms with van der Waals surface area (Å²) in [5.74, 6) is 0. The lowest BCUT2D eigenvalue weighted by Gasteiger charge is -2.04. The van der Waals surface area contributed by atoms with Crippen LogP contribution >= 0.6 is 0 Å². The van der Waals surface area contributed by atoms with Crippen molar-refractivity contribution >= 4 is 5.69 Å². The van der Waals surface area contributed by atoms with Crippen LogP contribution in [0, 0.1) is 0 Å². The molecular weight excluding hydrogens is 212 g/mol. The first-order chi connectivity index (χ1) is 8.20. The van der Waals surface area contributed by atoms with Crippen molar-refractivity contribution in [3.8, 4) is 0 Å². The summed E-state index contributed by atoms with van der Waals surface area (Å²) in [7, 11) is 1.99. The summed E-state index contributed by atoms with van der Waals surface area (Å²) in [4.78, 5) is 4.10. The predicted octanol–water partition coefficient (Wildman–Crippen LogP) is 1.74. The molecule has 0 saturated heterocycles. The van der Waals surface area contributed by atoms with Crippen molar-refractivity contribution in [2.75, 3.05) is 5.73 Å². The highest BCUT2D eigenvalue weighted by Gasteiger charge is 2.05. The molecule has 17 heavy (non-hydrogen) atoms. The van der Waals surface area contributed by atoms with Gasteiger partial charge >= 0.3 is 0 Å². The summed E-state index contributed by atoms with van der Waals surface area (Å²) < 4.78 is 1.95. The van der Waals surface area contributed by atoms with Gasteiger partial charge in [0.05, 0.1) is 5.69 Å².